The van der Waals surface area contributed by atoms with E-state index in [1.807, 2.05) is 24.3 Å². The second-order valence-corrected chi connectivity index (χ2v) is 7.90. The van der Waals surface area contributed by atoms with E-state index in [1.54, 1.807) is 35.8 Å². The molecule has 170 valence electrons. The minimum Gasteiger partial charge on any atom is -0.337 e. The van der Waals surface area contributed by atoms with E-state index in [2.05, 4.69) is 20.4 Å². The number of amides is 1. The van der Waals surface area contributed by atoms with Crippen molar-refractivity contribution in [2.24, 2.45) is 0 Å². The molecule has 0 bridgehead atoms. The lowest BCUT2D eigenvalue weighted by Gasteiger charge is -2.09. The molecule has 0 aliphatic heterocycles. The van der Waals surface area contributed by atoms with E-state index >= 15 is 0 Å². The number of rotatable bonds is 6. The summed E-state index contributed by atoms with van der Waals surface area (Å²) >= 11 is 0. The van der Waals surface area contributed by atoms with Crippen LogP contribution in [0.2, 0.25) is 0 Å². The Hall–Kier alpha value is -4.60. The molecule has 34 heavy (non-hydrogen) atoms. The number of hydrogen-bond donors (Lipinski definition) is 1. The van der Waals surface area contributed by atoms with Crippen molar-refractivity contribution in [1.29, 1.82) is 0 Å². The third-order valence-electron chi connectivity index (χ3n) is 5.49. The molecule has 5 aromatic rings. The third-order valence-corrected chi connectivity index (χ3v) is 5.49. The Morgan fingerprint density at radius 2 is 1.85 bits per heavy atom. The fraction of sp³-hybridized carbons (Fsp3) is 0.167. The fourth-order valence-electron chi connectivity index (χ4n) is 3.91. The summed E-state index contributed by atoms with van der Waals surface area (Å²) < 4.78 is 8.18. The molecule has 0 fully saturated rings. The molecule has 3 heterocycles. The van der Waals surface area contributed by atoms with E-state index in [1.165, 1.54) is 17.8 Å². The van der Waals surface area contributed by atoms with Gasteiger partial charge in [0.05, 0.1) is 11.8 Å². The number of hydrogen-bond acceptors (Lipinski definition) is 7. The summed E-state index contributed by atoms with van der Waals surface area (Å²) in [6, 6.07) is 14.1. The second-order valence-electron chi connectivity index (χ2n) is 7.90. The number of carbonyl (C=O) groups is 2. The van der Waals surface area contributed by atoms with Gasteiger partial charge in [0.2, 0.25) is 11.8 Å². The molecule has 0 unspecified atom stereocenters. The van der Waals surface area contributed by atoms with Crippen LogP contribution in [0.4, 0.5) is 5.69 Å². The zero-order valence-electron chi connectivity index (χ0n) is 18.5. The second kappa shape index (κ2) is 8.39. The zero-order valence-corrected chi connectivity index (χ0v) is 18.5. The molecule has 1 N–H and O–H groups in total. The van der Waals surface area contributed by atoms with E-state index in [-0.39, 0.29) is 36.2 Å². The summed E-state index contributed by atoms with van der Waals surface area (Å²) in [6.45, 7) is 3.15. The van der Waals surface area contributed by atoms with Crippen LogP contribution in [0.15, 0.2) is 64.2 Å². The van der Waals surface area contributed by atoms with Gasteiger partial charge in [0.1, 0.15) is 24.1 Å². The van der Waals surface area contributed by atoms with Crippen LogP contribution in [0.5, 0.6) is 0 Å². The van der Waals surface area contributed by atoms with Gasteiger partial charge in [-0.2, -0.15) is 4.98 Å². The summed E-state index contributed by atoms with van der Waals surface area (Å²) in [7, 11) is 0. The molecule has 5 rings (SSSR count). The van der Waals surface area contributed by atoms with Gasteiger partial charge in [-0.05, 0) is 44.2 Å². The number of fused-ring (bicyclic) bond motifs is 3. The van der Waals surface area contributed by atoms with Crippen molar-refractivity contribution in [3.05, 3.63) is 82.5 Å². The molecule has 0 aliphatic carbocycles. The molecular weight excluding hydrogens is 436 g/mol. The molecule has 2 aromatic carbocycles. The van der Waals surface area contributed by atoms with Crippen LogP contribution in [0.3, 0.4) is 0 Å². The molecule has 3 aromatic heterocycles. The molecule has 0 saturated carbocycles. The van der Waals surface area contributed by atoms with Crippen LogP contribution in [0.1, 0.15) is 29.0 Å². The van der Waals surface area contributed by atoms with E-state index < -0.39 is 0 Å². The molecular formula is C24H20N6O4. The van der Waals surface area contributed by atoms with Gasteiger partial charge in [0.15, 0.2) is 11.6 Å². The lowest BCUT2D eigenvalue weighted by Crippen LogP contribution is -2.25. The average Bonchev–Trinajstić information content (AvgIpc) is 3.37. The molecule has 1 amide bonds. The first-order valence-electron chi connectivity index (χ1n) is 10.6. The molecule has 0 radical (unpaired) electrons. The Morgan fingerprint density at radius 3 is 2.56 bits per heavy atom. The highest BCUT2D eigenvalue weighted by Gasteiger charge is 2.19. The topological polar surface area (TPSA) is 125 Å². The Labute approximate surface area is 192 Å². The number of aryl methyl sites for hydroxylation is 1. The summed E-state index contributed by atoms with van der Waals surface area (Å²) in [5.41, 5.74) is 2.33. The Kier molecular flexibility index (Phi) is 5.25. The number of ketones is 1. The molecule has 0 aliphatic rings. The lowest BCUT2D eigenvalue weighted by molar-refractivity contribution is -0.116. The van der Waals surface area contributed by atoms with E-state index in [0.29, 0.717) is 28.1 Å². The van der Waals surface area contributed by atoms with Crippen LogP contribution >= 0.6 is 0 Å². The minimum atomic E-state index is -0.323. The van der Waals surface area contributed by atoms with Crippen LogP contribution in [0.25, 0.3) is 21.9 Å². The third kappa shape index (κ3) is 3.85. The predicted molar refractivity (Wildman–Crippen MR) is 125 cm³/mol. The number of Topliss-reactive ketones (excluding diaryl/α,β-unsaturated/α-hetero) is 1. The molecule has 0 atom stereocenters. The zero-order chi connectivity index (χ0) is 23.8. The molecule has 10 heteroatoms. The van der Waals surface area contributed by atoms with Crippen LogP contribution in [0, 0.1) is 6.92 Å². The van der Waals surface area contributed by atoms with Gasteiger partial charge in [-0.15, -0.1) is 0 Å². The summed E-state index contributed by atoms with van der Waals surface area (Å²) in [5.74, 6) is 0.387. The van der Waals surface area contributed by atoms with Crippen molar-refractivity contribution < 1.29 is 14.1 Å². The van der Waals surface area contributed by atoms with Crippen LogP contribution in [-0.4, -0.2) is 35.9 Å². The van der Waals surface area contributed by atoms with Gasteiger partial charge >= 0.3 is 0 Å². The Morgan fingerprint density at radius 1 is 1.09 bits per heavy atom. The van der Waals surface area contributed by atoms with Gasteiger partial charge in [0.25, 0.3) is 5.56 Å². The highest BCUT2D eigenvalue weighted by Crippen LogP contribution is 2.25. The van der Waals surface area contributed by atoms with Gasteiger partial charge in [0, 0.05) is 16.6 Å². The Bertz CT molecular complexity index is 1610. The maximum Gasteiger partial charge on any atom is 0.278 e. The predicted octanol–water partition coefficient (Wildman–Crippen LogP) is 2.93. The largest absolute Gasteiger partial charge is 0.337 e. The number of para-hydroxylation sites is 1. The van der Waals surface area contributed by atoms with Crippen molar-refractivity contribution in [2.45, 2.75) is 26.9 Å². The monoisotopic (exact) mass is 456 g/mol. The highest BCUT2D eigenvalue weighted by atomic mass is 16.5. The van der Waals surface area contributed by atoms with Crippen molar-refractivity contribution in [1.82, 2.24) is 24.3 Å². The number of nitrogens with zero attached hydrogens (tertiary/aromatic N) is 5. The lowest BCUT2D eigenvalue weighted by atomic mass is 10.1. The first kappa shape index (κ1) is 21.3. The first-order chi connectivity index (χ1) is 16.4. The normalized spacial score (nSPS) is 11.2. The van der Waals surface area contributed by atoms with Crippen molar-refractivity contribution in [2.75, 3.05) is 5.32 Å². The van der Waals surface area contributed by atoms with Crippen LogP contribution in [-0.2, 0) is 17.9 Å². The molecule has 0 spiro atoms. The quantitative estimate of drug-likeness (QED) is 0.390. The minimum absolute atomic E-state index is 0.0531. The standard InChI is InChI=1S/C24H20N6O4/c1-14(31)16-7-9-17(10-8-16)27-20(32)11-30-19-6-4-3-5-18(19)22-23(30)24(33)29(13-25-22)12-21-26-15(2)28-34-21/h3-10,13H,11-12H2,1-2H3,(H,27,32). The van der Waals surface area contributed by atoms with E-state index in [0.717, 1.165) is 10.9 Å². The first-order valence-corrected chi connectivity index (χ1v) is 10.6. The Balaban J connectivity index is 1.53. The van der Waals surface area contributed by atoms with Gasteiger partial charge in [-0.1, -0.05) is 23.4 Å². The van der Waals surface area contributed by atoms with Gasteiger partial charge < -0.3 is 14.4 Å². The number of nitrogens with one attached hydrogen (secondary N) is 1. The van der Waals surface area contributed by atoms with Crippen LogP contribution < -0.4 is 10.9 Å². The highest BCUT2D eigenvalue weighted by molar-refractivity contribution is 6.06. The van der Waals surface area contributed by atoms with Gasteiger partial charge in [-0.25, -0.2) is 4.98 Å². The van der Waals surface area contributed by atoms with Crippen molar-refractivity contribution >= 4 is 39.3 Å². The fourth-order valence-corrected chi connectivity index (χ4v) is 3.91. The van der Waals surface area contributed by atoms with Crippen molar-refractivity contribution in [3.63, 3.8) is 0 Å². The SMILES string of the molecule is CC(=O)c1ccc(NC(=O)Cn2c3ccccc3c3ncn(Cc4nc(C)no4)c(=O)c32)cc1. The molecule has 0 saturated heterocycles. The van der Waals surface area contributed by atoms with E-state index in [4.69, 9.17) is 4.52 Å². The smallest absolute Gasteiger partial charge is 0.278 e. The average molecular weight is 456 g/mol. The van der Waals surface area contributed by atoms with E-state index in [9.17, 15) is 14.4 Å². The summed E-state index contributed by atoms with van der Waals surface area (Å²) in [5, 5.41) is 7.34. The number of anilines is 1. The van der Waals surface area contributed by atoms with Crippen molar-refractivity contribution in [3.8, 4) is 0 Å². The molecule has 10 nitrogen and oxygen atoms in total. The maximum atomic E-state index is 13.4. The number of carbonyl (C=O) groups excluding carboxylic acids is 2. The summed E-state index contributed by atoms with van der Waals surface area (Å²) in [4.78, 5) is 46.5. The number of aromatic nitrogens is 5. The summed E-state index contributed by atoms with van der Waals surface area (Å²) in [6.07, 6.45) is 1.44. The maximum absolute atomic E-state index is 13.4. The van der Waals surface area contributed by atoms with Gasteiger partial charge in [-0.3, -0.25) is 19.0 Å². The number of benzene rings is 2.